The Bertz CT molecular complexity index is 382. The normalized spacial score (nSPS) is 15.2. The Morgan fingerprint density at radius 3 is 2.63 bits per heavy atom. The highest BCUT2D eigenvalue weighted by Crippen LogP contribution is 2.14. The van der Waals surface area contributed by atoms with E-state index < -0.39 is 0 Å². The molecule has 2 unspecified atom stereocenters. The highest BCUT2D eigenvalue weighted by atomic mass is 16.5. The lowest BCUT2D eigenvalue weighted by Gasteiger charge is -2.18. The zero-order valence-corrected chi connectivity index (χ0v) is 11.5. The van der Waals surface area contributed by atoms with E-state index in [1.165, 1.54) is 0 Å². The van der Waals surface area contributed by atoms with Crippen LogP contribution in [0, 0.1) is 5.92 Å². The van der Waals surface area contributed by atoms with Crippen molar-refractivity contribution in [3.05, 3.63) is 35.9 Å². The lowest BCUT2D eigenvalue weighted by Crippen LogP contribution is -2.34. The molecule has 0 aliphatic carbocycles. The maximum Gasteiger partial charge on any atom is 0.147 e. The van der Waals surface area contributed by atoms with Gasteiger partial charge in [-0.15, -0.1) is 0 Å². The van der Waals surface area contributed by atoms with Gasteiger partial charge in [-0.2, -0.15) is 0 Å². The molecular weight excluding hydrogens is 242 g/mol. The van der Waals surface area contributed by atoms with Crippen molar-refractivity contribution in [1.29, 1.82) is 0 Å². The molecule has 0 amide bonds. The fourth-order valence-corrected chi connectivity index (χ4v) is 1.97. The molecule has 0 heterocycles. The quantitative estimate of drug-likeness (QED) is 0.287. The highest BCUT2D eigenvalue weighted by Gasteiger charge is 2.16. The minimum atomic E-state index is -0.124. The zero-order chi connectivity index (χ0) is 14.1. The van der Waals surface area contributed by atoms with Gasteiger partial charge in [0.05, 0.1) is 5.92 Å². The molecule has 1 aromatic carbocycles. The van der Waals surface area contributed by atoms with Crippen LogP contribution >= 0.6 is 0 Å². The molecule has 2 atom stereocenters. The fourth-order valence-electron chi connectivity index (χ4n) is 1.97. The second kappa shape index (κ2) is 8.50. The Hall–Kier alpha value is -1.59. The van der Waals surface area contributed by atoms with Crippen LogP contribution in [-0.2, 0) is 4.74 Å². The van der Waals surface area contributed by atoms with Gasteiger partial charge < -0.3 is 21.0 Å². The number of benzene rings is 1. The highest BCUT2D eigenvalue weighted by molar-refractivity contribution is 5.87. The zero-order valence-electron chi connectivity index (χ0n) is 11.5. The van der Waals surface area contributed by atoms with Gasteiger partial charge in [0.1, 0.15) is 5.84 Å². The summed E-state index contributed by atoms with van der Waals surface area (Å²) in [5.74, 6) is 0.521. The number of methoxy groups -OCH3 is 1. The first-order valence-corrected chi connectivity index (χ1v) is 6.41. The molecule has 0 saturated carbocycles. The molecule has 0 radical (unpaired) electrons. The van der Waals surface area contributed by atoms with Crippen molar-refractivity contribution in [3.8, 4) is 0 Å². The molecule has 0 fully saturated rings. The summed E-state index contributed by atoms with van der Waals surface area (Å²) in [6.07, 6.45) is 0. The van der Waals surface area contributed by atoms with Gasteiger partial charge in [-0.1, -0.05) is 42.4 Å². The Kier molecular flexibility index (Phi) is 6.92. The van der Waals surface area contributed by atoms with Crippen LogP contribution in [0.5, 0.6) is 0 Å². The van der Waals surface area contributed by atoms with Gasteiger partial charge >= 0.3 is 0 Å². The van der Waals surface area contributed by atoms with E-state index in [-0.39, 0.29) is 11.8 Å². The number of nitrogens with two attached hydrogens (primary N) is 1. The van der Waals surface area contributed by atoms with Crippen molar-refractivity contribution < 1.29 is 9.94 Å². The predicted octanol–water partition coefficient (Wildman–Crippen LogP) is 1.39. The van der Waals surface area contributed by atoms with Crippen LogP contribution in [0.4, 0.5) is 0 Å². The van der Waals surface area contributed by atoms with Crippen LogP contribution in [-0.4, -0.2) is 37.8 Å². The fraction of sp³-hybridized carbons (Fsp3) is 0.500. The van der Waals surface area contributed by atoms with E-state index in [9.17, 15) is 0 Å². The lowest BCUT2D eigenvalue weighted by molar-refractivity contribution is 0.158. The molecule has 4 N–H and O–H groups in total. The molecule has 5 heteroatoms. The molecular formula is C14H23N3O2. The van der Waals surface area contributed by atoms with Crippen LogP contribution in [0.3, 0.4) is 0 Å². The van der Waals surface area contributed by atoms with Crippen molar-refractivity contribution >= 4 is 5.84 Å². The minimum Gasteiger partial charge on any atom is -0.409 e. The SMILES string of the molecule is COCC(C)CNCC(C(N)=NO)c1ccccc1. The molecule has 0 saturated heterocycles. The molecule has 0 aliphatic heterocycles. The molecule has 106 valence electrons. The molecule has 19 heavy (non-hydrogen) atoms. The molecule has 1 aromatic rings. The summed E-state index contributed by atoms with van der Waals surface area (Å²) in [6.45, 7) is 4.29. The van der Waals surface area contributed by atoms with Gasteiger partial charge in [0.2, 0.25) is 0 Å². The lowest BCUT2D eigenvalue weighted by atomic mass is 9.98. The van der Waals surface area contributed by atoms with Crippen molar-refractivity contribution in [2.75, 3.05) is 26.8 Å². The van der Waals surface area contributed by atoms with E-state index in [1.54, 1.807) is 7.11 Å². The van der Waals surface area contributed by atoms with E-state index >= 15 is 0 Å². The Morgan fingerprint density at radius 2 is 2.05 bits per heavy atom. The third-order valence-electron chi connectivity index (χ3n) is 2.97. The largest absolute Gasteiger partial charge is 0.409 e. The topological polar surface area (TPSA) is 79.9 Å². The summed E-state index contributed by atoms with van der Waals surface area (Å²) < 4.78 is 5.09. The van der Waals surface area contributed by atoms with E-state index in [2.05, 4.69) is 17.4 Å². The summed E-state index contributed by atoms with van der Waals surface area (Å²) >= 11 is 0. The smallest absolute Gasteiger partial charge is 0.147 e. The maximum absolute atomic E-state index is 8.87. The summed E-state index contributed by atoms with van der Waals surface area (Å²) in [4.78, 5) is 0. The Balaban J connectivity index is 2.57. The number of ether oxygens (including phenoxy) is 1. The Labute approximate surface area is 114 Å². The van der Waals surface area contributed by atoms with Crippen LogP contribution < -0.4 is 11.1 Å². The first-order chi connectivity index (χ1) is 9.19. The van der Waals surface area contributed by atoms with Gasteiger partial charge in [-0.05, 0) is 18.0 Å². The molecule has 0 aliphatic rings. The predicted molar refractivity (Wildman–Crippen MR) is 76.5 cm³/mol. The second-order valence-corrected chi connectivity index (χ2v) is 4.71. The molecule has 0 spiro atoms. The van der Waals surface area contributed by atoms with Gasteiger partial charge in [0, 0.05) is 20.3 Å². The third kappa shape index (κ3) is 5.28. The summed E-state index contributed by atoms with van der Waals surface area (Å²) in [5.41, 5.74) is 6.79. The van der Waals surface area contributed by atoms with E-state index in [0.29, 0.717) is 19.1 Å². The van der Waals surface area contributed by atoms with E-state index in [1.807, 2.05) is 30.3 Å². The van der Waals surface area contributed by atoms with Crippen molar-refractivity contribution in [2.45, 2.75) is 12.8 Å². The van der Waals surface area contributed by atoms with E-state index in [0.717, 1.165) is 12.1 Å². The Morgan fingerprint density at radius 1 is 1.37 bits per heavy atom. The number of hydrogen-bond acceptors (Lipinski definition) is 4. The van der Waals surface area contributed by atoms with Gasteiger partial charge in [-0.25, -0.2) is 0 Å². The first-order valence-electron chi connectivity index (χ1n) is 6.41. The minimum absolute atomic E-state index is 0.124. The number of oxime groups is 1. The van der Waals surface area contributed by atoms with Crippen LogP contribution in [0.2, 0.25) is 0 Å². The summed E-state index contributed by atoms with van der Waals surface area (Å²) in [6, 6.07) is 9.79. The monoisotopic (exact) mass is 265 g/mol. The van der Waals surface area contributed by atoms with Crippen LogP contribution in [0.1, 0.15) is 18.4 Å². The van der Waals surface area contributed by atoms with Crippen molar-refractivity contribution in [1.82, 2.24) is 5.32 Å². The number of amidine groups is 1. The number of nitrogens with one attached hydrogen (secondary N) is 1. The molecule has 0 bridgehead atoms. The van der Waals surface area contributed by atoms with Crippen LogP contribution in [0.15, 0.2) is 35.5 Å². The maximum atomic E-state index is 8.87. The van der Waals surface area contributed by atoms with Crippen molar-refractivity contribution in [2.24, 2.45) is 16.8 Å². The van der Waals surface area contributed by atoms with Crippen LogP contribution in [0.25, 0.3) is 0 Å². The van der Waals surface area contributed by atoms with Crippen molar-refractivity contribution in [3.63, 3.8) is 0 Å². The van der Waals surface area contributed by atoms with Gasteiger partial charge in [-0.3, -0.25) is 0 Å². The first kappa shape index (κ1) is 15.5. The average Bonchev–Trinajstić information content (AvgIpc) is 2.44. The summed E-state index contributed by atoms with van der Waals surface area (Å²) in [7, 11) is 1.69. The molecule has 1 rings (SSSR count). The second-order valence-electron chi connectivity index (χ2n) is 4.71. The van der Waals surface area contributed by atoms with Gasteiger partial charge in [0.15, 0.2) is 0 Å². The summed E-state index contributed by atoms with van der Waals surface area (Å²) in [5, 5.41) is 15.3. The molecule has 0 aromatic heterocycles. The number of hydrogen-bond donors (Lipinski definition) is 3. The number of rotatable bonds is 8. The number of nitrogens with zero attached hydrogens (tertiary/aromatic N) is 1. The average molecular weight is 265 g/mol. The van der Waals surface area contributed by atoms with E-state index in [4.69, 9.17) is 15.7 Å². The van der Waals surface area contributed by atoms with Gasteiger partial charge in [0.25, 0.3) is 0 Å². The standard InChI is InChI=1S/C14H23N3O2/c1-11(10-19-2)8-16-9-13(14(15)17-18)12-6-4-3-5-7-12/h3-7,11,13,16,18H,8-10H2,1-2H3,(H2,15,17). The third-order valence-corrected chi connectivity index (χ3v) is 2.97. The molecule has 5 nitrogen and oxygen atoms in total.